The normalized spacial score (nSPS) is 12.0. The first-order valence-corrected chi connectivity index (χ1v) is 8.12. The van der Waals surface area contributed by atoms with Crippen molar-refractivity contribution in [3.63, 3.8) is 0 Å². The maximum Gasteiger partial charge on any atom is 0.161 e. The van der Waals surface area contributed by atoms with Gasteiger partial charge in [-0.05, 0) is 43.7 Å². The van der Waals surface area contributed by atoms with Gasteiger partial charge >= 0.3 is 0 Å². The Morgan fingerprint density at radius 3 is 2.50 bits per heavy atom. The predicted octanol–water partition coefficient (Wildman–Crippen LogP) is 4.86. The molecule has 3 rings (SSSR count). The molecular formula is C19H19ClN4. The lowest BCUT2D eigenvalue weighted by atomic mass is 10.1. The third-order valence-corrected chi connectivity index (χ3v) is 3.99. The number of aromatic nitrogens is 2. The average molecular weight is 339 g/mol. The Morgan fingerprint density at radius 2 is 1.79 bits per heavy atom. The largest absolute Gasteiger partial charge is 0.399 e. The number of halogens is 1. The number of aryl methyl sites for hydroxylation is 1. The molecule has 3 N–H and O–H groups in total. The molecule has 0 aliphatic carbocycles. The number of nitrogens with zero attached hydrogens (tertiary/aromatic N) is 2. The van der Waals surface area contributed by atoms with E-state index >= 15 is 0 Å². The van der Waals surface area contributed by atoms with Crippen LogP contribution < -0.4 is 11.1 Å². The number of nitrogens with one attached hydrogen (secondary N) is 1. The van der Waals surface area contributed by atoms with Crippen molar-refractivity contribution in [2.45, 2.75) is 19.9 Å². The van der Waals surface area contributed by atoms with Crippen molar-refractivity contribution in [3.8, 4) is 11.4 Å². The van der Waals surface area contributed by atoms with E-state index in [1.807, 2.05) is 61.5 Å². The SMILES string of the molecule is Cc1cc(N[C@@H](C)c2ccc(Cl)cc2)nc(-c2cccc(N)c2)n1. The molecule has 0 aliphatic rings. The summed E-state index contributed by atoms with van der Waals surface area (Å²) >= 11 is 5.95. The summed E-state index contributed by atoms with van der Waals surface area (Å²) in [6.45, 7) is 4.04. The molecule has 5 heteroatoms. The minimum absolute atomic E-state index is 0.102. The van der Waals surface area contributed by atoms with Gasteiger partial charge < -0.3 is 11.1 Å². The average Bonchev–Trinajstić information content (AvgIpc) is 2.55. The molecule has 0 unspecified atom stereocenters. The molecule has 122 valence electrons. The molecule has 0 saturated heterocycles. The highest BCUT2D eigenvalue weighted by molar-refractivity contribution is 6.30. The molecule has 0 spiro atoms. The van der Waals surface area contributed by atoms with Crippen LogP contribution in [0.15, 0.2) is 54.6 Å². The van der Waals surface area contributed by atoms with E-state index in [1.54, 1.807) is 0 Å². The molecule has 4 nitrogen and oxygen atoms in total. The Bertz CT molecular complexity index is 846. The van der Waals surface area contributed by atoms with Gasteiger partial charge in [0.25, 0.3) is 0 Å². The van der Waals surface area contributed by atoms with Crippen LogP contribution in [0.25, 0.3) is 11.4 Å². The Hall–Kier alpha value is -2.59. The molecule has 3 aromatic rings. The summed E-state index contributed by atoms with van der Waals surface area (Å²) in [5.41, 5.74) is 9.50. The minimum atomic E-state index is 0.102. The smallest absolute Gasteiger partial charge is 0.161 e. The standard InChI is InChI=1S/C19H19ClN4/c1-12-10-18(23-13(2)14-6-8-16(20)9-7-14)24-19(22-12)15-4-3-5-17(21)11-15/h3-11,13H,21H2,1-2H3,(H,22,23,24)/t13-/m0/s1. The molecule has 24 heavy (non-hydrogen) atoms. The van der Waals surface area contributed by atoms with Crippen molar-refractivity contribution >= 4 is 23.1 Å². The van der Waals surface area contributed by atoms with Gasteiger partial charge in [0.2, 0.25) is 0 Å². The summed E-state index contributed by atoms with van der Waals surface area (Å²) in [5.74, 6) is 1.44. The molecule has 2 aromatic carbocycles. The summed E-state index contributed by atoms with van der Waals surface area (Å²) in [6, 6.07) is 17.4. The zero-order chi connectivity index (χ0) is 17.1. The molecule has 1 atom stereocenters. The van der Waals surface area contributed by atoms with Crippen molar-refractivity contribution in [2.75, 3.05) is 11.1 Å². The molecule has 0 bridgehead atoms. The van der Waals surface area contributed by atoms with Gasteiger partial charge in [0.05, 0.1) is 0 Å². The lowest BCUT2D eigenvalue weighted by molar-refractivity contribution is 0.871. The fourth-order valence-electron chi connectivity index (χ4n) is 2.51. The fourth-order valence-corrected chi connectivity index (χ4v) is 2.63. The lowest BCUT2D eigenvalue weighted by Gasteiger charge is -2.16. The number of nitrogens with two attached hydrogens (primary N) is 1. The fraction of sp³-hybridized carbons (Fsp3) is 0.158. The van der Waals surface area contributed by atoms with Crippen LogP contribution in [-0.2, 0) is 0 Å². The first-order valence-electron chi connectivity index (χ1n) is 7.75. The van der Waals surface area contributed by atoms with Gasteiger partial charge in [-0.1, -0.05) is 35.9 Å². The second-order valence-corrected chi connectivity index (χ2v) is 6.20. The highest BCUT2D eigenvalue weighted by atomic mass is 35.5. The highest BCUT2D eigenvalue weighted by Gasteiger charge is 2.09. The second-order valence-electron chi connectivity index (χ2n) is 5.76. The monoisotopic (exact) mass is 338 g/mol. The molecule has 0 radical (unpaired) electrons. The van der Waals surface area contributed by atoms with Crippen LogP contribution in [0.4, 0.5) is 11.5 Å². The predicted molar refractivity (Wildman–Crippen MR) is 100 cm³/mol. The van der Waals surface area contributed by atoms with Crippen LogP contribution in [-0.4, -0.2) is 9.97 Å². The summed E-state index contributed by atoms with van der Waals surface area (Å²) < 4.78 is 0. The van der Waals surface area contributed by atoms with E-state index in [4.69, 9.17) is 17.3 Å². The topological polar surface area (TPSA) is 63.8 Å². The van der Waals surface area contributed by atoms with Gasteiger partial charge in [-0.15, -0.1) is 0 Å². The number of anilines is 2. The molecule has 1 heterocycles. The van der Waals surface area contributed by atoms with E-state index in [1.165, 1.54) is 0 Å². The van der Waals surface area contributed by atoms with Crippen molar-refractivity contribution in [1.29, 1.82) is 0 Å². The molecule has 1 aromatic heterocycles. The van der Waals surface area contributed by atoms with E-state index in [-0.39, 0.29) is 6.04 Å². The number of rotatable bonds is 4. The quantitative estimate of drug-likeness (QED) is 0.667. The van der Waals surface area contributed by atoms with Crippen molar-refractivity contribution in [2.24, 2.45) is 0 Å². The number of hydrogen-bond acceptors (Lipinski definition) is 4. The van der Waals surface area contributed by atoms with E-state index in [2.05, 4.69) is 22.2 Å². The van der Waals surface area contributed by atoms with Crippen LogP contribution in [0.5, 0.6) is 0 Å². The zero-order valence-corrected chi connectivity index (χ0v) is 14.4. The van der Waals surface area contributed by atoms with Gasteiger partial charge in [-0.2, -0.15) is 0 Å². The van der Waals surface area contributed by atoms with E-state index in [9.17, 15) is 0 Å². The summed E-state index contributed by atoms with van der Waals surface area (Å²) in [5, 5.41) is 4.15. The van der Waals surface area contributed by atoms with Gasteiger partial charge in [-0.3, -0.25) is 0 Å². The van der Waals surface area contributed by atoms with E-state index in [0.29, 0.717) is 11.5 Å². The minimum Gasteiger partial charge on any atom is -0.399 e. The van der Waals surface area contributed by atoms with E-state index < -0.39 is 0 Å². The lowest BCUT2D eigenvalue weighted by Crippen LogP contribution is -2.09. The van der Waals surface area contributed by atoms with Crippen LogP contribution in [0.1, 0.15) is 24.2 Å². The zero-order valence-electron chi connectivity index (χ0n) is 13.6. The molecular weight excluding hydrogens is 320 g/mol. The van der Waals surface area contributed by atoms with Crippen LogP contribution in [0.3, 0.4) is 0 Å². The Morgan fingerprint density at radius 1 is 1.04 bits per heavy atom. The Labute approximate surface area is 146 Å². The van der Waals surface area contributed by atoms with Crippen LogP contribution in [0, 0.1) is 6.92 Å². The number of benzene rings is 2. The van der Waals surface area contributed by atoms with Gasteiger partial charge in [-0.25, -0.2) is 9.97 Å². The number of hydrogen-bond donors (Lipinski definition) is 2. The number of nitrogen functional groups attached to an aromatic ring is 1. The molecule has 0 saturated carbocycles. The summed E-state index contributed by atoms with van der Waals surface area (Å²) in [4.78, 5) is 9.14. The van der Waals surface area contributed by atoms with Crippen molar-refractivity contribution < 1.29 is 0 Å². The van der Waals surface area contributed by atoms with E-state index in [0.717, 1.165) is 27.7 Å². The van der Waals surface area contributed by atoms with Gasteiger partial charge in [0, 0.05) is 34.1 Å². The summed E-state index contributed by atoms with van der Waals surface area (Å²) in [6.07, 6.45) is 0. The van der Waals surface area contributed by atoms with Crippen molar-refractivity contribution in [1.82, 2.24) is 9.97 Å². The van der Waals surface area contributed by atoms with Crippen LogP contribution >= 0.6 is 11.6 Å². The Balaban J connectivity index is 1.87. The first kappa shape index (κ1) is 16.3. The highest BCUT2D eigenvalue weighted by Crippen LogP contribution is 2.23. The third kappa shape index (κ3) is 3.84. The van der Waals surface area contributed by atoms with Crippen molar-refractivity contribution in [3.05, 3.63) is 70.9 Å². The molecule has 0 amide bonds. The van der Waals surface area contributed by atoms with Gasteiger partial charge in [0.1, 0.15) is 5.82 Å². The Kier molecular flexibility index (Phi) is 4.67. The summed E-state index contributed by atoms with van der Waals surface area (Å²) in [7, 11) is 0. The molecule has 0 fully saturated rings. The first-order chi connectivity index (χ1) is 11.5. The second kappa shape index (κ2) is 6.89. The molecule has 0 aliphatic heterocycles. The van der Waals surface area contributed by atoms with Crippen LogP contribution in [0.2, 0.25) is 5.02 Å². The maximum absolute atomic E-state index is 5.95. The third-order valence-electron chi connectivity index (χ3n) is 3.73. The maximum atomic E-state index is 5.95. The van der Waals surface area contributed by atoms with Gasteiger partial charge in [0.15, 0.2) is 5.82 Å².